The summed E-state index contributed by atoms with van der Waals surface area (Å²) in [5.41, 5.74) is 2.58. The number of guanidine groups is 1. The zero-order valence-corrected chi connectivity index (χ0v) is 10.5. The largest absolute Gasteiger partial charge is 0.356 e. The summed E-state index contributed by atoms with van der Waals surface area (Å²) in [7, 11) is 0. The van der Waals surface area contributed by atoms with Crippen LogP contribution in [0.1, 0.15) is 33.1 Å². The smallest absolute Gasteiger partial charge is 0.205 e. The Morgan fingerprint density at radius 3 is 2.62 bits per heavy atom. The number of nitrogens with zero attached hydrogens (tertiary/aromatic N) is 2. The van der Waals surface area contributed by atoms with Crippen molar-refractivity contribution in [2.45, 2.75) is 39.2 Å². The maximum atomic E-state index is 5.37. The van der Waals surface area contributed by atoms with Gasteiger partial charge in [-0.15, -0.1) is 0 Å². The Balaban J connectivity index is 2.33. The summed E-state index contributed by atoms with van der Waals surface area (Å²) in [5, 5.41) is 3.09. The molecule has 1 fully saturated rings. The lowest BCUT2D eigenvalue weighted by atomic mass is 10.1. The molecule has 1 unspecified atom stereocenters. The van der Waals surface area contributed by atoms with Crippen LogP contribution in [0.15, 0.2) is 4.99 Å². The van der Waals surface area contributed by atoms with Gasteiger partial charge in [0.2, 0.25) is 5.96 Å². The molecule has 1 rings (SSSR count). The molecule has 0 aromatic rings. The lowest BCUT2D eigenvalue weighted by molar-refractivity contribution is 0.178. The summed E-state index contributed by atoms with van der Waals surface area (Å²) in [6.45, 7) is 8.32. The molecule has 0 saturated carbocycles. The van der Waals surface area contributed by atoms with E-state index in [0.29, 0.717) is 12.0 Å². The van der Waals surface area contributed by atoms with Gasteiger partial charge in [0, 0.05) is 12.6 Å². The van der Waals surface area contributed by atoms with Crippen LogP contribution >= 0.6 is 0 Å². The summed E-state index contributed by atoms with van der Waals surface area (Å²) < 4.78 is 0. The van der Waals surface area contributed by atoms with Gasteiger partial charge in [-0.05, 0) is 39.8 Å². The lowest BCUT2D eigenvalue weighted by Gasteiger charge is -2.31. The molecule has 1 aliphatic heterocycles. The molecule has 1 atom stereocenters. The normalized spacial score (nSPS) is 20.6. The maximum Gasteiger partial charge on any atom is 0.205 e. The summed E-state index contributed by atoms with van der Waals surface area (Å²) in [5.74, 6) is 6.05. The minimum Gasteiger partial charge on any atom is -0.356 e. The summed E-state index contributed by atoms with van der Waals surface area (Å²) in [4.78, 5) is 6.94. The molecule has 4 N–H and O–H groups in total. The average molecular weight is 227 g/mol. The van der Waals surface area contributed by atoms with E-state index < -0.39 is 0 Å². The van der Waals surface area contributed by atoms with Gasteiger partial charge in [0.05, 0.1) is 6.54 Å². The molecule has 16 heavy (non-hydrogen) atoms. The molecule has 5 heteroatoms. The van der Waals surface area contributed by atoms with Crippen molar-refractivity contribution < 1.29 is 0 Å². The summed E-state index contributed by atoms with van der Waals surface area (Å²) >= 11 is 0. The molecular weight excluding hydrogens is 202 g/mol. The first-order valence-electron chi connectivity index (χ1n) is 6.27. The standard InChI is InChI=1S/C11H25N5/c1-3-13-11(15-12)14-9-10(2)16-7-5-4-6-8-16/h10H,3-9,12H2,1-2H3,(H2,13,14,15). The maximum absolute atomic E-state index is 5.37. The zero-order chi connectivity index (χ0) is 11.8. The number of nitrogens with one attached hydrogen (secondary N) is 2. The van der Waals surface area contributed by atoms with E-state index in [1.54, 1.807) is 0 Å². The Bertz CT molecular complexity index is 210. The molecule has 0 aliphatic carbocycles. The monoisotopic (exact) mass is 227 g/mol. The fourth-order valence-electron chi connectivity index (χ4n) is 2.02. The second-order valence-electron chi connectivity index (χ2n) is 4.31. The van der Waals surface area contributed by atoms with E-state index in [1.165, 1.54) is 32.4 Å². The van der Waals surface area contributed by atoms with Crippen molar-refractivity contribution >= 4 is 5.96 Å². The molecule has 94 valence electrons. The van der Waals surface area contributed by atoms with Crippen molar-refractivity contribution in [3.8, 4) is 0 Å². The molecule has 1 saturated heterocycles. The van der Waals surface area contributed by atoms with Gasteiger partial charge in [0.15, 0.2) is 0 Å². The number of hydrogen-bond donors (Lipinski definition) is 3. The topological polar surface area (TPSA) is 65.7 Å². The molecule has 0 bridgehead atoms. The van der Waals surface area contributed by atoms with Gasteiger partial charge in [0.25, 0.3) is 0 Å². The van der Waals surface area contributed by atoms with Crippen molar-refractivity contribution in [1.29, 1.82) is 0 Å². The quantitative estimate of drug-likeness (QED) is 0.279. The van der Waals surface area contributed by atoms with E-state index in [9.17, 15) is 0 Å². The van der Waals surface area contributed by atoms with Gasteiger partial charge < -0.3 is 5.32 Å². The molecule has 0 radical (unpaired) electrons. The van der Waals surface area contributed by atoms with Gasteiger partial charge in [-0.1, -0.05) is 6.42 Å². The number of hydrazine groups is 1. The van der Waals surface area contributed by atoms with Crippen LogP contribution in [0.5, 0.6) is 0 Å². The molecule has 0 amide bonds. The highest BCUT2D eigenvalue weighted by atomic mass is 15.3. The third-order valence-electron chi connectivity index (χ3n) is 3.01. The molecule has 1 aliphatic rings. The Labute approximate surface area is 98.4 Å². The van der Waals surface area contributed by atoms with E-state index in [2.05, 4.69) is 27.6 Å². The van der Waals surface area contributed by atoms with Crippen LogP contribution in [0.25, 0.3) is 0 Å². The number of hydrogen-bond acceptors (Lipinski definition) is 3. The van der Waals surface area contributed by atoms with Gasteiger partial charge in [0.1, 0.15) is 0 Å². The van der Waals surface area contributed by atoms with E-state index in [-0.39, 0.29) is 0 Å². The Morgan fingerprint density at radius 1 is 1.38 bits per heavy atom. The molecular formula is C11H25N5. The molecule has 0 spiro atoms. The van der Waals surface area contributed by atoms with Crippen molar-refractivity contribution in [3.63, 3.8) is 0 Å². The van der Waals surface area contributed by atoms with Crippen LogP contribution in [0, 0.1) is 0 Å². The Hall–Kier alpha value is -0.810. The molecule has 0 aromatic carbocycles. The Morgan fingerprint density at radius 2 is 2.06 bits per heavy atom. The number of likely N-dealkylation sites (tertiary alicyclic amines) is 1. The first kappa shape index (κ1) is 13.3. The SMILES string of the molecule is CCNC(=NCC(C)N1CCCCC1)NN. The lowest BCUT2D eigenvalue weighted by Crippen LogP contribution is -2.43. The van der Waals surface area contributed by atoms with Gasteiger partial charge >= 0.3 is 0 Å². The zero-order valence-electron chi connectivity index (χ0n) is 10.5. The predicted molar refractivity (Wildman–Crippen MR) is 68.2 cm³/mol. The van der Waals surface area contributed by atoms with Crippen molar-refractivity contribution in [1.82, 2.24) is 15.6 Å². The molecule has 0 aromatic heterocycles. The van der Waals surface area contributed by atoms with E-state index in [0.717, 1.165) is 13.1 Å². The first-order valence-corrected chi connectivity index (χ1v) is 6.27. The Kier molecular flexibility index (Phi) is 6.18. The van der Waals surface area contributed by atoms with Crippen molar-refractivity contribution in [2.75, 3.05) is 26.2 Å². The molecule has 1 heterocycles. The van der Waals surface area contributed by atoms with Crippen molar-refractivity contribution in [3.05, 3.63) is 0 Å². The highest BCUT2D eigenvalue weighted by Gasteiger charge is 2.15. The van der Waals surface area contributed by atoms with Crippen LogP contribution in [0.2, 0.25) is 0 Å². The number of aliphatic imine (C=N–C) groups is 1. The minimum atomic E-state index is 0.502. The third-order valence-corrected chi connectivity index (χ3v) is 3.01. The van der Waals surface area contributed by atoms with E-state index in [1.807, 2.05) is 6.92 Å². The number of nitrogens with two attached hydrogens (primary N) is 1. The van der Waals surface area contributed by atoms with E-state index >= 15 is 0 Å². The van der Waals surface area contributed by atoms with Crippen LogP contribution in [-0.4, -0.2) is 43.1 Å². The fraction of sp³-hybridized carbons (Fsp3) is 0.909. The average Bonchev–Trinajstić information content (AvgIpc) is 2.35. The number of rotatable bonds is 4. The second-order valence-corrected chi connectivity index (χ2v) is 4.31. The second kappa shape index (κ2) is 7.46. The van der Waals surface area contributed by atoms with Gasteiger partial charge in [-0.2, -0.15) is 0 Å². The molecule has 5 nitrogen and oxygen atoms in total. The van der Waals surface area contributed by atoms with E-state index in [4.69, 9.17) is 5.84 Å². The number of piperidine rings is 1. The highest BCUT2D eigenvalue weighted by molar-refractivity contribution is 5.79. The van der Waals surface area contributed by atoms with Crippen molar-refractivity contribution in [2.24, 2.45) is 10.8 Å². The third kappa shape index (κ3) is 4.37. The fourth-order valence-corrected chi connectivity index (χ4v) is 2.02. The van der Waals surface area contributed by atoms with Gasteiger partial charge in [-0.25, -0.2) is 5.84 Å². The minimum absolute atomic E-state index is 0.502. The predicted octanol–water partition coefficient (Wildman–Crippen LogP) is 0.290. The summed E-state index contributed by atoms with van der Waals surface area (Å²) in [6.07, 6.45) is 4.02. The van der Waals surface area contributed by atoms with Gasteiger partial charge in [-0.3, -0.25) is 15.3 Å². The summed E-state index contributed by atoms with van der Waals surface area (Å²) in [6, 6.07) is 0.502. The van der Waals surface area contributed by atoms with Crippen LogP contribution in [0.4, 0.5) is 0 Å². The van der Waals surface area contributed by atoms with Crippen LogP contribution in [0.3, 0.4) is 0 Å². The highest BCUT2D eigenvalue weighted by Crippen LogP contribution is 2.11. The van der Waals surface area contributed by atoms with Crippen LogP contribution in [-0.2, 0) is 0 Å². The van der Waals surface area contributed by atoms with Crippen LogP contribution < -0.4 is 16.6 Å². The first-order chi connectivity index (χ1) is 7.77.